The first-order valence-corrected chi connectivity index (χ1v) is 6.06. The van der Waals surface area contributed by atoms with Gasteiger partial charge in [-0.05, 0) is 25.0 Å². The molecule has 0 amide bonds. The molecule has 0 aliphatic heterocycles. The van der Waals surface area contributed by atoms with Gasteiger partial charge in [-0.1, -0.05) is 18.2 Å². The maximum Gasteiger partial charge on any atom is 0.198 e. The van der Waals surface area contributed by atoms with E-state index in [1.54, 1.807) is 17.0 Å². The second-order valence-corrected chi connectivity index (χ2v) is 4.06. The maximum atomic E-state index is 12.0. The molecule has 1 heterocycles. The predicted molar refractivity (Wildman–Crippen MR) is 68.8 cm³/mol. The van der Waals surface area contributed by atoms with Crippen molar-refractivity contribution in [1.82, 2.24) is 9.55 Å². The smallest absolute Gasteiger partial charge is 0.198 e. The number of aromatic nitrogens is 2. The molecule has 0 unspecified atom stereocenters. The van der Waals surface area contributed by atoms with Crippen molar-refractivity contribution in [3.63, 3.8) is 0 Å². The Morgan fingerprint density at radius 2 is 2.00 bits per heavy atom. The summed E-state index contributed by atoms with van der Waals surface area (Å²) >= 11 is 0. The van der Waals surface area contributed by atoms with E-state index in [1.165, 1.54) is 0 Å². The minimum absolute atomic E-state index is 0.0114. The number of carbonyl (C=O) groups excluding carboxylic acids is 1. The number of nitrogens with zero attached hydrogens (tertiary/aromatic N) is 2. The summed E-state index contributed by atoms with van der Waals surface area (Å²) in [6, 6.07) is 9.66. The first-order valence-electron chi connectivity index (χ1n) is 6.06. The van der Waals surface area contributed by atoms with Crippen LogP contribution in [-0.2, 0) is 0 Å². The molecular formula is C14H16N2O2. The third-order valence-electron chi connectivity index (χ3n) is 2.74. The number of imidazole rings is 1. The van der Waals surface area contributed by atoms with Gasteiger partial charge in [0.05, 0.1) is 0 Å². The molecule has 0 saturated carbocycles. The summed E-state index contributed by atoms with van der Waals surface area (Å²) < 4.78 is 1.79. The average Bonchev–Trinajstić information content (AvgIpc) is 2.89. The molecule has 1 aromatic heterocycles. The molecular weight excluding hydrogens is 228 g/mol. The highest BCUT2D eigenvalue weighted by molar-refractivity contribution is 5.93. The number of Topliss-reactive ketones (excluding diaryl/α,β-unsaturated/α-hetero) is 1. The number of unbranched alkanes of at least 4 members (excludes halogenated alkanes) is 1. The third kappa shape index (κ3) is 2.84. The molecule has 1 N–H and O–H groups in total. The number of hydrogen-bond acceptors (Lipinski definition) is 3. The average molecular weight is 244 g/mol. The Morgan fingerprint density at radius 1 is 1.22 bits per heavy atom. The van der Waals surface area contributed by atoms with Crippen LogP contribution in [0.3, 0.4) is 0 Å². The fraction of sp³-hybridized carbons (Fsp3) is 0.286. The molecule has 94 valence electrons. The standard InChI is InChI=1S/C14H16N2O2/c17-11-5-4-8-13(18)14-15-9-10-16(14)12-6-2-1-3-7-12/h1-3,6-7,9-10,17H,4-5,8,11H2. The van der Waals surface area contributed by atoms with Gasteiger partial charge in [0.25, 0.3) is 0 Å². The van der Waals surface area contributed by atoms with Gasteiger partial charge >= 0.3 is 0 Å². The summed E-state index contributed by atoms with van der Waals surface area (Å²) in [7, 11) is 0. The first-order chi connectivity index (χ1) is 8.83. The Kier molecular flexibility index (Phi) is 4.25. The fourth-order valence-electron chi connectivity index (χ4n) is 1.82. The fourth-order valence-corrected chi connectivity index (χ4v) is 1.82. The van der Waals surface area contributed by atoms with Gasteiger partial charge in [0.2, 0.25) is 0 Å². The van der Waals surface area contributed by atoms with Crippen molar-refractivity contribution in [2.75, 3.05) is 6.61 Å². The normalized spacial score (nSPS) is 10.5. The summed E-state index contributed by atoms with van der Waals surface area (Å²) in [6.45, 7) is 0.125. The Morgan fingerprint density at radius 3 is 2.72 bits per heavy atom. The minimum atomic E-state index is 0.0114. The van der Waals surface area contributed by atoms with Crippen LogP contribution in [0, 0.1) is 0 Å². The van der Waals surface area contributed by atoms with E-state index < -0.39 is 0 Å². The van der Waals surface area contributed by atoms with Crippen LogP contribution in [0.2, 0.25) is 0 Å². The molecule has 2 aromatic rings. The van der Waals surface area contributed by atoms with E-state index in [-0.39, 0.29) is 12.4 Å². The van der Waals surface area contributed by atoms with Crippen LogP contribution in [0.25, 0.3) is 5.69 Å². The summed E-state index contributed by atoms with van der Waals surface area (Å²) in [5.41, 5.74) is 0.931. The van der Waals surface area contributed by atoms with E-state index >= 15 is 0 Å². The number of rotatable bonds is 6. The van der Waals surface area contributed by atoms with E-state index in [2.05, 4.69) is 4.98 Å². The molecule has 18 heavy (non-hydrogen) atoms. The summed E-state index contributed by atoms with van der Waals surface area (Å²) in [5.74, 6) is 0.469. The number of benzene rings is 1. The highest BCUT2D eigenvalue weighted by Crippen LogP contribution is 2.12. The Bertz CT molecular complexity index is 506. The van der Waals surface area contributed by atoms with Crippen LogP contribution in [0.15, 0.2) is 42.7 Å². The summed E-state index contributed by atoms with van der Waals surface area (Å²) in [5, 5.41) is 8.71. The molecule has 0 aliphatic carbocycles. The lowest BCUT2D eigenvalue weighted by molar-refractivity contribution is 0.0966. The maximum absolute atomic E-state index is 12.0. The summed E-state index contributed by atoms with van der Waals surface area (Å²) in [6.07, 6.45) is 5.18. The van der Waals surface area contributed by atoms with E-state index in [0.29, 0.717) is 25.1 Å². The number of aliphatic hydroxyl groups excluding tert-OH is 1. The van der Waals surface area contributed by atoms with E-state index in [4.69, 9.17) is 5.11 Å². The lowest BCUT2D eigenvalue weighted by atomic mass is 10.1. The van der Waals surface area contributed by atoms with Crippen molar-refractivity contribution < 1.29 is 9.90 Å². The molecule has 0 radical (unpaired) electrons. The van der Waals surface area contributed by atoms with Gasteiger partial charge in [-0.15, -0.1) is 0 Å². The number of para-hydroxylation sites is 1. The van der Waals surface area contributed by atoms with E-state index in [1.807, 2.05) is 30.3 Å². The quantitative estimate of drug-likeness (QED) is 0.626. The van der Waals surface area contributed by atoms with Crippen molar-refractivity contribution in [3.8, 4) is 5.69 Å². The van der Waals surface area contributed by atoms with E-state index in [9.17, 15) is 4.79 Å². The Balaban J connectivity index is 2.15. The van der Waals surface area contributed by atoms with Crippen molar-refractivity contribution in [3.05, 3.63) is 48.5 Å². The largest absolute Gasteiger partial charge is 0.396 e. The van der Waals surface area contributed by atoms with Crippen LogP contribution in [0.1, 0.15) is 29.9 Å². The molecule has 0 aliphatic rings. The highest BCUT2D eigenvalue weighted by Gasteiger charge is 2.13. The Labute approximate surface area is 106 Å². The second-order valence-electron chi connectivity index (χ2n) is 4.06. The lowest BCUT2D eigenvalue weighted by Gasteiger charge is -2.06. The zero-order chi connectivity index (χ0) is 12.8. The zero-order valence-electron chi connectivity index (χ0n) is 10.1. The lowest BCUT2D eigenvalue weighted by Crippen LogP contribution is -2.08. The van der Waals surface area contributed by atoms with Crippen molar-refractivity contribution in [2.24, 2.45) is 0 Å². The molecule has 1 aromatic carbocycles. The van der Waals surface area contributed by atoms with E-state index in [0.717, 1.165) is 5.69 Å². The molecule has 4 heteroatoms. The third-order valence-corrected chi connectivity index (χ3v) is 2.74. The first kappa shape index (κ1) is 12.5. The van der Waals surface area contributed by atoms with Crippen molar-refractivity contribution in [2.45, 2.75) is 19.3 Å². The van der Waals surface area contributed by atoms with Gasteiger partial charge in [-0.2, -0.15) is 0 Å². The number of ketones is 1. The van der Waals surface area contributed by atoms with Crippen LogP contribution >= 0.6 is 0 Å². The van der Waals surface area contributed by atoms with Gasteiger partial charge in [0.1, 0.15) is 0 Å². The highest BCUT2D eigenvalue weighted by atomic mass is 16.2. The predicted octanol–water partition coefficient (Wildman–Crippen LogP) is 2.22. The Hall–Kier alpha value is -1.94. The molecule has 0 bridgehead atoms. The van der Waals surface area contributed by atoms with Gasteiger partial charge in [0, 0.05) is 31.1 Å². The molecule has 0 fully saturated rings. The molecule has 0 spiro atoms. The van der Waals surface area contributed by atoms with Crippen molar-refractivity contribution >= 4 is 5.78 Å². The van der Waals surface area contributed by atoms with Crippen LogP contribution in [-0.4, -0.2) is 27.0 Å². The number of aliphatic hydroxyl groups is 1. The number of hydrogen-bond donors (Lipinski definition) is 1. The van der Waals surface area contributed by atoms with Gasteiger partial charge < -0.3 is 5.11 Å². The minimum Gasteiger partial charge on any atom is -0.396 e. The second kappa shape index (κ2) is 6.12. The summed E-state index contributed by atoms with van der Waals surface area (Å²) in [4.78, 5) is 16.1. The SMILES string of the molecule is O=C(CCCCO)c1nccn1-c1ccccc1. The zero-order valence-corrected chi connectivity index (χ0v) is 10.1. The van der Waals surface area contributed by atoms with Crippen LogP contribution < -0.4 is 0 Å². The molecule has 4 nitrogen and oxygen atoms in total. The molecule has 2 rings (SSSR count). The van der Waals surface area contributed by atoms with Crippen LogP contribution in [0.5, 0.6) is 0 Å². The monoisotopic (exact) mass is 244 g/mol. The molecule has 0 saturated heterocycles. The number of carbonyl (C=O) groups is 1. The van der Waals surface area contributed by atoms with Crippen LogP contribution in [0.4, 0.5) is 0 Å². The van der Waals surface area contributed by atoms with Gasteiger partial charge in [-0.25, -0.2) is 4.98 Å². The van der Waals surface area contributed by atoms with Gasteiger partial charge in [0.15, 0.2) is 11.6 Å². The molecule has 0 atom stereocenters. The van der Waals surface area contributed by atoms with Gasteiger partial charge in [-0.3, -0.25) is 9.36 Å². The van der Waals surface area contributed by atoms with Crippen molar-refractivity contribution in [1.29, 1.82) is 0 Å². The topological polar surface area (TPSA) is 55.1 Å².